The summed E-state index contributed by atoms with van der Waals surface area (Å²) in [4.78, 5) is 26.6. The number of nitrogens with one attached hydrogen (secondary N) is 1. The molecule has 9 heteroatoms. The molecule has 0 saturated heterocycles. The van der Waals surface area contributed by atoms with Crippen molar-refractivity contribution in [1.82, 2.24) is 4.57 Å². The molecule has 8 nitrogen and oxygen atoms in total. The number of methoxy groups -OCH3 is 1. The molecule has 0 aliphatic heterocycles. The van der Waals surface area contributed by atoms with Gasteiger partial charge in [0.15, 0.2) is 0 Å². The highest BCUT2D eigenvalue weighted by molar-refractivity contribution is 6.06. The second-order valence-electron chi connectivity index (χ2n) is 8.84. The first-order chi connectivity index (χ1) is 18.8. The molecule has 3 aromatic carbocycles. The van der Waals surface area contributed by atoms with Crippen molar-refractivity contribution in [3.05, 3.63) is 89.4 Å². The van der Waals surface area contributed by atoms with Gasteiger partial charge in [-0.2, -0.15) is 0 Å². The first-order valence-electron chi connectivity index (χ1n) is 12.6. The molecule has 1 aromatic heterocycles. The largest absolute Gasteiger partial charge is 0.497 e. The number of carbonyl (C=O) groups is 2. The van der Waals surface area contributed by atoms with Crippen LogP contribution >= 0.6 is 0 Å². The Kier molecular flexibility index (Phi) is 8.21. The van der Waals surface area contributed by atoms with Crippen molar-refractivity contribution in [1.29, 1.82) is 0 Å². The van der Waals surface area contributed by atoms with Crippen molar-refractivity contribution in [3.8, 4) is 11.4 Å². The van der Waals surface area contributed by atoms with E-state index in [0.717, 1.165) is 5.56 Å². The Morgan fingerprint density at radius 3 is 2.26 bits per heavy atom. The van der Waals surface area contributed by atoms with Crippen LogP contribution in [-0.2, 0) is 31.2 Å². The standard InChI is InChI=1S/C30H31FN2O6/c1-5-38-28(34)30(36,29(35)39-6-2)27-19(3)23-17-22(37-4)13-15-25(23)33(27)26-14-12-21(31)16-24(26)32-18-20-10-8-7-9-11-20/h7-17,32,36H,5-6,18H2,1-4H3. The third-order valence-corrected chi connectivity index (χ3v) is 6.44. The fourth-order valence-corrected chi connectivity index (χ4v) is 4.62. The molecular weight excluding hydrogens is 503 g/mol. The highest BCUT2D eigenvalue weighted by Crippen LogP contribution is 2.40. The van der Waals surface area contributed by atoms with Crippen LogP contribution in [0.25, 0.3) is 16.6 Å². The molecule has 1 heterocycles. The van der Waals surface area contributed by atoms with Crippen LogP contribution in [0.1, 0.15) is 30.7 Å². The second kappa shape index (κ2) is 11.6. The van der Waals surface area contributed by atoms with Crippen molar-refractivity contribution in [3.63, 3.8) is 0 Å². The van der Waals surface area contributed by atoms with Crippen molar-refractivity contribution in [2.24, 2.45) is 0 Å². The number of aliphatic hydroxyl groups is 1. The molecule has 0 fully saturated rings. The van der Waals surface area contributed by atoms with Crippen LogP contribution in [0.2, 0.25) is 0 Å². The molecule has 0 aliphatic rings. The quantitative estimate of drug-likeness (QED) is 0.218. The van der Waals surface area contributed by atoms with Gasteiger partial charge in [-0.05, 0) is 68.3 Å². The molecule has 39 heavy (non-hydrogen) atoms. The Bertz CT molecular complexity index is 1480. The fraction of sp³-hybridized carbons (Fsp3) is 0.267. The van der Waals surface area contributed by atoms with Gasteiger partial charge in [-0.1, -0.05) is 30.3 Å². The van der Waals surface area contributed by atoms with E-state index in [2.05, 4.69) is 5.32 Å². The van der Waals surface area contributed by atoms with Crippen LogP contribution in [0.4, 0.5) is 10.1 Å². The molecule has 0 saturated carbocycles. The molecule has 0 amide bonds. The number of rotatable bonds is 10. The summed E-state index contributed by atoms with van der Waals surface area (Å²) >= 11 is 0. The van der Waals surface area contributed by atoms with Gasteiger partial charge in [-0.25, -0.2) is 14.0 Å². The van der Waals surface area contributed by atoms with Gasteiger partial charge in [0.05, 0.1) is 42.9 Å². The lowest BCUT2D eigenvalue weighted by Crippen LogP contribution is -2.48. The first-order valence-corrected chi connectivity index (χ1v) is 12.6. The summed E-state index contributed by atoms with van der Waals surface area (Å²) in [6.07, 6.45) is 0. The predicted molar refractivity (Wildman–Crippen MR) is 145 cm³/mol. The summed E-state index contributed by atoms with van der Waals surface area (Å²) in [6.45, 7) is 5.04. The number of fused-ring (bicyclic) bond motifs is 1. The van der Waals surface area contributed by atoms with E-state index in [1.807, 2.05) is 30.3 Å². The van der Waals surface area contributed by atoms with E-state index < -0.39 is 23.4 Å². The predicted octanol–water partition coefficient (Wildman–Crippen LogP) is 5.01. The monoisotopic (exact) mass is 534 g/mol. The Hall–Kier alpha value is -4.37. The molecule has 0 bridgehead atoms. The molecule has 4 aromatic rings. The third-order valence-electron chi connectivity index (χ3n) is 6.44. The first kappa shape index (κ1) is 27.7. The Morgan fingerprint density at radius 2 is 1.64 bits per heavy atom. The number of benzene rings is 3. The number of hydrogen-bond donors (Lipinski definition) is 2. The zero-order valence-corrected chi connectivity index (χ0v) is 22.3. The van der Waals surface area contributed by atoms with E-state index in [1.165, 1.54) is 25.3 Å². The number of carbonyl (C=O) groups excluding carboxylic acids is 2. The summed E-state index contributed by atoms with van der Waals surface area (Å²) < 4.78 is 31.8. The molecule has 2 N–H and O–H groups in total. The van der Waals surface area contributed by atoms with Crippen LogP contribution in [0, 0.1) is 12.7 Å². The normalized spacial score (nSPS) is 11.3. The molecule has 0 aliphatic carbocycles. The average molecular weight is 535 g/mol. The van der Waals surface area contributed by atoms with Gasteiger partial charge in [0.1, 0.15) is 11.6 Å². The van der Waals surface area contributed by atoms with Crippen LogP contribution < -0.4 is 10.1 Å². The Balaban J connectivity index is 2.03. The Morgan fingerprint density at radius 1 is 0.974 bits per heavy atom. The van der Waals surface area contributed by atoms with Gasteiger partial charge in [-0.3, -0.25) is 0 Å². The van der Waals surface area contributed by atoms with Gasteiger partial charge in [0.2, 0.25) is 0 Å². The van der Waals surface area contributed by atoms with Crippen molar-refractivity contribution in [2.45, 2.75) is 32.9 Å². The van der Waals surface area contributed by atoms with Gasteiger partial charge in [-0.15, -0.1) is 0 Å². The number of ether oxygens (including phenoxy) is 3. The highest BCUT2D eigenvalue weighted by atomic mass is 19.1. The molecule has 0 spiro atoms. The lowest BCUT2D eigenvalue weighted by Gasteiger charge is -2.27. The molecule has 4 rings (SSSR count). The summed E-state index contributed by atoms with van der Waals surface area (Å²) in [5.74, 6) is -2.31. The number of aromatic nitrogens is 1. The van der Waals surface area contributed by atoms with Gasteiger partial charge >= 0.3 is 17.5 Å². The smallest absolute Gasteiger partial charge is 0.356 e. The van der Waals surface area contributed by atoms with Crippen molar-refractivity contribution < 1.29 is 33.3 Å². The highest BCUT2D eigenvalue weighted by Gasteiger charge is 2.53. The number of hydrogen-bond acceptors (Lipinski definition) is 7. The van der Waals surface area contributed by atoms with Gasteiger partial charge in [0, 0.05) is 11.9 Å². The van der Waals surface area contributed by atoms with E-state index in [4.69, 9.17) is 14.2 Å². The lowest BCUT2D eigenvalue weighted by atomic mass is 9.95. The van der Waals surface area contributed by atoms with Crippen molar-refractivity contribution >= 4 is 28.5 Å². The topological polar surface area (TPSA) is 99.0 Å². The zero-order chi connectivity index (χ0) is 28.2. The summed E-state index contributed by atoms with van der Waals surface area (Å²) in [5.41, 5.74) is -0.179. The zero-order valence-electron chi connectivity index (χ0n) is 22.3. The second-order valence-corrected chi connectivity index (χ2v) is 8.84. The Labute approximate surface area is 225 Å². The maximum absolute atomic E-state index is 14.5. The number of halogens is 1. The van der Waals surface area contributed by atoms with E-state index in [1.54, 1.807) is 43.5 Å². The summed E-state index contributed by atoms with van der Waals surface area (Å²) in [7, 11) is 1.52. The van der Waals surface area contributed by atoms with Crippen LogP contribution in [0.15, 0.2) is 66.7 Å². The number of esters is 2. The van der Waals surface area contributed by atoms with E-state index in [0.29, 0.717) is 40.1 Å². The van der Waals surface area contributed by atoms with Crippen LogP contribution in [-0.4, -0.2) is 41.9 Å². The SMILES string of the molecule is CCOC(=O)C(O)(C(=O)OCC)c1c(C)c2cc(OC)ccc2n1-c1ccc(F)cc1NCc1ccccc1. The number of anilines is 1. The summed E-state index contributed by atoms with van der Waals surface area (Å²) in [5, 5.41) is 15.7. The van der Waals surface area contributed by atoms with E-state index in [-0.39, 0.29) is 18.9 Å². The maximum Gasteiger partial charge on any atom is 0.356 e. The minimum atomic E-state index is -2.81. The van der Waals surface area contributed by atoms with Gasteiger partial charge in [0.25, 0.3) is 0 Å². The molecular formula is C30H31FN2O6. The number of nitrogens with zero attached hydrogens (tertiary/aromatic N) is 1. The average Bonchev–Trinajstić information content (AvgIpc) is 3.23. The lowest BCUT2D eigenvalue weighted by molar-refractivity contribution is -0.185. The molecule has 204 valence electrons. The van der Waals surface area contributed by atoms with Crippen LogP contribution in [0.3, 0.4) is 0 Å². The third kappa shape index (κ3) is 5.18. The van der Waals surface area contributed by atoms with E-state index >= 15 is 0 Å². The van der Waals surface area contributed by atoms with Gasteiger partial charge < -0.3 is 29.2 Å². The molecule has 0 unspecified atom stereocenters. The fourth-order valence-electron chi connectivity index (χ4n) is 4.62. The molecule has 0 radical (unpaired) electrons. The minimum Gasteiger partial charge on any atom is -0.497 e. The number of aryl methyl sites for hydroxylation is 1. The van der Waals surface area contributed by atoms with Crippen LogP contribution in [0.5, 0.6) is 5.75 Å². The summed E-state index contributed by atoms with van der Waals surface area (Å²) in [6, 6.07) is 18.9. The maximum atomic E-state index is 14.5. The minimum absolute atomic E-state index is 0.0722. The van der Waals surface area contributed by atoms with Crippen molar-refractivity contribution in [2.75, 3.05) is 25.6 Å². The van der Waals surface area contributed by atoms with E-state index in [9.17, 15) is 19.1 Å². The molecule has 0 atom stereocenters.